The fourth-order valence-corrected chi connectivity index (χ4v) is 2.19. The van der Waals surface area contributed by atoms with Gasteiger partial charge in [0.25, 0.3) is 5.56 Å². The molecule has 1 aliphatic heterocycles. The predicted molar refractivity (Wildman–Crippen MR) is 70.1 cm³/mol. The van der Waals surface area contributed by atoms with Gasteiger partial charge in [0.2, 0.25) is 23.5 Å². The standard InChI is InChI=1S/C11H12N6O5/c12-2-11(3-18)5(19)1-6(21-11)22-17-4-14-7-8(17)15-10(13)16-9(7)20/h4-6,18-19H,1,3H2,(H3,13,15,16,20)/t5-,6-,11+/m0/s1. The van der Waals surface area contributed by atoms with E-state index in [9.17, 15) is 15.0 Å². The number of hydrogen-bond donors (Lipinski definition) is 4. The number of imidazole rings is 1. The first-order valence-electron chi connectivity index (χ1n) is 6.27. The second-order valence-corrected chi connectivity index (χ2v) is 4.76. The van der Waals surface area contributed by atoms with Gasteiger partial charge in [0, 0.05) is 6.42 Å². The normalized spacial score (nSPS) is 27.9. The summed E-state index contributed by atoms with van der Waals surface area (Å²) in [6, 6.07) is 1.72. The summed E-state index contributed by atoms with van der Waals surface area (Å²) in [6.45, 7) is -0.680. The molecular formula is C11H12N6O5. The summed E-state index contributed by atoms with van der Waals surface area (Å²) >= 11 is 0. The Hall–Kier alpha value is -2.68. The van der Waals surface area contributed by atoms with Gasteiger partial charge < -0.3 is 25.5 Å². The molecule has 1 fully saturated rings. The van der Waals surface area contributed by atoms with Gasteiger partial charge >= 0.3 is 0 Å². The van der Waals surface area contributed by atoms with Crippen LogP contribution in [0.15, 0.2) is 11.1 Å². The Labute approximate surface area is 122 Å². The van der Waals surface area contributed by atoms with Crippen molar-refractivity contribution >= 4 is 17.1 Å². The van der Waals surface area contributed by atoms with E-state index in [1.165, 1.54) is 6.33 Å². The highest BCUT2D eigenvalue weighted by molar-refractivity contribution is 5.69. The predicted octanol–water partition coefficient (Wildman–Crippen LogP) is -2.51. The van der Waals surface area contributed by atoms with E-state index < -0.39 is 30.2 Å². The van der Waals surface area contributed by atoms with E-state index in [1.54, 1.807) is 6.07 Å². The van der Waals surface area contributed by atoms with Gasteiger partial charge in [-0.25, -0.2) is 4.98 Å². The number of aromatic nitrogens is 4. The molecule has 0 amide bonds. The Morgan fingerprint density at radius 3 is 3.14 bits per heavy atom. The molecule has 3 heterocycles. The Morgan fingerprint density at radius 2 is 2.50 bits per heavy atom. The van der Waals surface area contributed by atoms with Gasteiger partial charge in [-0.3, -0.25) is 9.78 Å². The van der Waals surface area contributed by atoms with Crippen molar-refractivity contribution in [2.24, 2.45) is 0 Å². The zero-order chi connectivity index (χ0) is 15.9. The third kappa shape index (κ3) is 2.06. The number of nitrogens with two attached hydrogens (primary N) is 1. The maximum absolute atomic E-state index is 11.6. The van der Waals surface area contributed by atoms with Crippen LogP contribution in [0.1, 0.15) is 6.42 Å². The lowest BCUT2D eigenvalue weighted by Crippen LogP contribution is -2.42. The smallest absolute Gasteiger partial charge is 0.280 e. The molecule has 0 radical (unpaired) electrons. The highest BCUT2D eigenvalue weighted by atomic mass is 16.8. The summed E-state index contributed by atoms with van der Waals surface area (Å²) in [6.07, 6.45) is -1.11. The topological polar surface area (TPSA) is 172 Å². The molecule has 11 nitrogen and oxygen atoms in total. The number of fused-ring (bicyclic) bond motifs is 1. The Balaban J connectivity index is 1.89. The molecule has 2 aromatic rings. The third-order valence-corrected chi connectivity index (χ3v) is 3.35. The number of ether oxygens (including phenoxy) is 1. The quantitative estimate of drug-likeness (QED) is 0.477. The minimum absolute atomic E-state index is 0.0152. The van der Waals surface area contributed by atoms with Gasteiger partial charge in [-0.2, -0.15) is 10.2 Å². The number of aromatic amines is 1. The second kappa shape index (κ2) is 4.95. The number of nitrogens with zero attached hydrogens (tertiary/aromatic N) is 4. The zero-order valence-electron chi connectivity index (χ0n) is 11.1. The summed E-state index contributed by atoms with van der Waals surface area (Å²) in [5.41, 5.74) is 3.27. The molecule has 11 heteroatoms. The number of aliphatic hydroxyl groups is 2. The van der Waals surface area contributed by atoms with E-state index >= 15 is 0 Å². The van der Waals surface area contributed by atoms with Crippen LogP contribution in [0, 0.1) is 11.3 Å². The van der Waals surface area contributed by atoms with Crippen LogP contribution in [0.25, 0.3) is 11.2 Å². The van der Waals surface area contributed by atoms with Crippen molar-refractivity contribution in [1.29, 1.82) is 5.26 Å². The molecule has 0 bridgehead atoms. The van der Waals surface area contributed by atoms with Crippen LogP contribution in [0.2, 0.25) is 0 Å². The first-order chi connectivity index (χ1) is 10.5. The van der Waals surface area contributed by atoms with Crippen LogP contribution in [-0.2, 0) is 4.74 Å². The van der Waals surface area contributed by atoms with Crippen LogP contribution in [0.3, 0.4) is 0 Å². The van der Waals surface area contributed by atoms with Crippen molar-refractivity contribution in [1.82, 2.24) is 19.7 Å². The number of nitrogen functional groups attached to an aromatic ring is 1. The molecule has 1 saturated heterocycles. The minimum atomic E-state index is -1.75. The van der Waals surface area contributed by atoms with E-state index in [-0.39, 0.29) is 23.5 Å². The first kappa shape index (κ1) is 14.3. The summed E-state index contributed by atoms with van der Waals surface area (Å²) in [7, 11) is 0. The molecule has 0 aromatic carbocycles. The number of hydrogen-bond acceptors (Lipinski definition) is 9. The summed E-state index contributed by atoms with van der Waals surface area (Å²) in [4.78, 5) is 27.1. The lowest BCUT2D eigenvalue weighted by Gasteiger charge is -2.21. The second-order valence-electron chi connectivity index (χ2n) is 4.76. The fraction of sp³-hybridized carbons (Fsp3) is 0.455. The fourth-order valence-electron chi connectivity index (χ4n) is 2.19. The van der Waals surface area contributed by atoms with Gasteiger partial charge in [-0.1, -0.05) is 0 Å². The van der Waals surface area contributed by atoms with Crippen molar-refractivity contribution < 1.29 is 19.8 Å². The van der Waals surface area contributed by atoms with Gasteiger partial charge in [0.1, 0.15) is 18.5 Å². The molecule has 0 unspecified atom stereocenters. The molecule has 5 N–H and O–H groups in total. The van der Waals surface area contributed by atoms with Crippen LogP contribution < -0.4 is 16.1 Å². The maximum Gasteiger partial charge on any atom is 0.280 e. The number of aliphatic hydroxyl groups excluding tert-OH is 2. The molecule has 22 heavy (non-hydrogen) atoms. The molecule has 0 spiro atoms. The zero-order valence-corrected chi connectivity index (χ0v) is 11.1. The Kier molecular flexibility index (Phi) is 3.21. The highest BCUT2D eigenvalue weighted by Gasteiger charge is 2.50. The van der Waals surface area contributed by atoms with E-state index in [4.69, 9.17) is 20.6 Å². The van der Waals surface area contributed by atoms with Crippen LogP contribution >= 0.6 is 0 Å². The largest absolute Gasteiger partial charge is 0.392 e. The molecule has 116 valence electrons. The molecule has 3 rings (SSSR count). The average Bonchev–Trinajstić information content (AvgIpc) is 3.01. The Morgan fingerprint density at radius 1 is 1.73 bits per heavy atom. The first-order valence-corrected chi connectivity index (χ1v) is 6.27. The van der Waals surface area contributed by atoms with Gasteiger partial charge in [0.15, 0.2) is 5.52 Å². The average molecular weight is 308 g/mol. The van der Waals surface area contributed by atoms with Gasteiger partial charge in [-0.15, -0.1) is 4.73 Å². The molecule has 1 aliphatic rings. The Bertz CT molecular complexity index is 809. The van der Waals surface area contributed by atoms with Crippen molar-refractivity contribution in [2.45, 2.75) is 24.4 Å². The summed E-state index contributed by atoms with van der Waals surface area (Å²) < 4.78 is 6.32. The minimum Gasteiger partial charge on any atom is -0.392 e. The number of rotatable bonds is 3. The van der Waals surface area contributed by atoms with Crippen molar-refractivity contribution in [3.05, 3.63) is 16.7 Å². The molecule has 2 aromatic heterocycles. The van der Waals surface area contributed by atoms with E-state index in [0.717, 1.165) is 4.73 Å². The molecule has 0 aliphatic carbocycles. The summed E-state index contributed by atoms with van der Waals surface area (Å²) in [5, 5.41) is 28.1. The lowest BCUT2D eigenvalue weighted by atomic mass is 10.0. The third-order valence-electron chi connectivity index (χ3n) is 3.35. The SMILES string of the molecule is N#C[C@]1(CO)O[C@@H](On2cnc3c(=O)[nH]c(N)nc32)C[C@@H]1O. The number of anilines is 1. The van der Waals surface area contributed by atoms with Crippen LogP contribution in [0.4, 0.5) is 5.95 Å². The number of nitriles is 1. The monoisotopic (exact) mass is 308 g/mol. The van der Waals surface area contributed by atoms with E-state index in [2.05, 4.69) is 15.0 Å². The molecule has 0 saturated carbocycles. The van der Waals surface area contributed by atoms with Gasteiger partial charge in [-0.05, 0) is 0 Å². The van der Waals surface area contributed by atoms with Crippen molar-refractivity contribution in [3.63, 3.8) is 0 Å². The maximum atomic E-state index is 11.6. The molecule has 3 atom stereocenters. The van der Waals surface area contributed by atoms with Crippen LogP contribution in [-0.4, -0.2) is 54.5 Å². The van der Waals surface area contributed by atoms with Crippen LogP contribution in [0.5, 0.6) is 0 Å². The highest BCUT2D eigenvalue weighted by Crippen LogP contribution is 2.29. The summed E-state index contributed by atoms with van der Waals surface area (Å²) in [5.74, 6) is -0.114. The lowest BCUT2D eigenvalue weighted by molar-refractivity contribution is -0.167. The number of nitrogens with one attached hydrogen (secondary N) is 1. The van der Waals surface area contributed by atoms with Crippen molar-refractivity contribution in [3.8, 4) is 6.07 Å². The van der Waals surface area contributed by atoms with Crippen molar-refractivity contribution in [2.75, 3.05) is 12.3 Å². The van der Waals surface area contributed by atoms with Gasteiger partial charge in [0.05, 0.1) is 6.61 Å². The van der Waals surface area contributed by atoms with E-state index in [0.29, 0.717) is 0 Å². The number of H-pyrrole nitrogens is 1. The molecular weight excluding hydrogens is 296 g/mol. The van der Waals surface area contributed by atoms with E-state index in [1.807, 2.05) is 0 Å².